The van der Waals surface area contributed by atoms with Crippen LogP contribution in [-0.2, 0) is 4.79 Å². The number of nitriles is 1. The van der Waals surface area contributed by atoms with Gasteiger partial charge in [0.15, 0.2) is 0 Å². The van der Waals surface area contributed by atoms with E-state index in [-0.39, 0.29) is 10.4 Å². The molecule has 0 saturated heterocycles. The first-order valence-corrected chi connectivity index (χ1v) is 4.32. The predicted octanol–water partition coefficient (Wildman–Crippen LogP) is 2.12. The lowest BCUT2D eigenvalue weighted by Crippen LogP contribution is -2.02. The second-order valence-corrected chi connectivity index (χ2v) is 3.34. The molecule has 0 aromatic heterocycles. The zero-order chi connectivity index (χ0) is 8.69. The Morgan fingerprint density at radius 2 is 2.55 bits per heavy atom. The van der Waals surface area contributed by atoms with E-state index in [4.69, 9.17) is 5.26 Å². The average Bonchev–Trinajstić information content (AvgIpc) is 2.03. The lowest BCUT2D eigenvalue weighted by molar-refractivity contribution is -0.107. The maximum Gasteiger partial charge on any atom is 0.211 e. The molecule has 0 radical (unpaired) electrons. The molecule has 0 amide bonds. The molecular formula is C8H11NOS. The summed E-state index contributed by atoms with van der Waals surface area (Å²) in [6.45, 7) is 5.32. The van der Waals surface area contributed by atoms with Gasteiger partial charge in [-0.2, -0.15) is 5.26 Å². The number of nitrogens with zero attached hydrogens (tertiary/aromatic N) is 1. The predicted molar refractivity (Wildman–Crippen MR) is 47.1 cm³/mol. The molecule has 0 saturated carbocycles. The third kappa shape index (κ3) is 4.63. The van der Waals surface area contributed by atoms with Gasteiger partial charge < -0.3 is 0 Å². The molecule has 0 fully saturated rings. The van der Waals surface area contributed by atoms with Crippen molar-refractivity contribution < 1.29 is 4.79 Å². The first kappa shape index (κ1) is 10.2. The SMILES string of the molecule is C=CC(=O)SC(CC)CC#N. The molecule has 1 atom stereocenters. The van der Waals surface area contributed by atoms with E-state index < -0.39 is 0 Å². The van der Waals surface area contributed by atoms with E-state index in [1.165, 1.54) is 17.8 Å². The minimum Gasteiger partial charge on any atom is -0.282 e. The van der Waals surface area contributed by atoms with Crippen LogP contribution in [-0.4, -0.2) is 10.4 Å². The van der Waals surface area contributed by atoms with Gasteiger partial charge in [0, 0.05) is 11.7 Å². The summed E-state index contributed by atoms with van der Waals surface area (Å²) < 4.78 is 0. The van der Waals surface area contributed by atoms with Gasteiger partial charge in [0.1, 0.15) is 0 Å². The summed E-state index contributed by atoms with van der Waals surface area (Å²) in [5.74, 6) is 0. The molecule has 0 aromatic rings. The van der Waals surface area contributed by atoms with Crippen molar-refractivity contribution in [3.05, 3.63) is 12.7 Å². The van der Waals surface area contributed by atoms with E-state index in [0.717, 1.165) is 6.42 Å². The van der Waals surface area contributed by atoms with Gasteiger partial charge in [-0.05, 0) is 12.5 Å². The third-order valence-corrected chi connectivity index (χ3v) is 2.46. The molecule has 0 aliphatic carbocycles. The van der Waals surface area contributed by atoms with Gasteiger partial charge in [-0.3, -0.25) is 4.79 Å². The molecule has 0 aliphatic heterocycles. The maximum absolute atomic E-state index is 10.8. The number of carbonyl (C=O) groups is 1. The highest BCUT2D eigenvalue weighted by Gasteiger charge is 2.09. The van der Waals surface area contributed by atoms with Crippen molar-refractivity contribution in [2.24, 2.45) is 0 Å². The minimum atomic E-state index is -0.0490. The van der Waals surface area contributed by atoms with Crippen LogP contribution < -0.4 is 0 Å². The number of thioether (sulfide) groups is 1. The van der Waals surface area contributed by atoms with E-state index in [9.17, 15) is 4.79 Å². The molecule has 0 bridgehead atoms. The van der Waals surface area contributed by atoms with Crippen molar-refractivity contribution in [1.29, 1.82) is 5.26 Å². The summed E-state index contributed by atoms with van der Waals surface area (Å²) >= 11 is 1.19. The number of hydrogen-bond donors (Lipinski definition) is 0. The van der Waals surface area contributed by atoms with Crippen LogP contribution in [0.5, 0.6) is 0 Å². The van der Waals surface area contributed by atoms with E-state index in [2.05, 4.69) is 6.58 Å². The van der Waals surface area contributed by atoms with Gasteiger partial charge in [-0.1, -0.05) is 25.3 Å². The Labute approximate surface area is 71.3 Å². The van der Waals surface area contributed by atoms with Crippen molar-refractivity contribution in [2.45, 2.75) is 25.0 Å². The Balaban J connectivity index is 3.78. The number of rotatable bonds is 4. The van der Waals surface area contributed by atoms with E-state index >= 15 is 0 Å². The molecule has 0 heterocycles. The third-order valence-electron chi connectivity index (χ3n) is 1.22. The van der Waals surface area contributed by atoms with Crippen molar-refractivity contribution in [1.82, 2.24) is 0 Å². The van der Waals surface area contributed by atoms with Crippen LogP contribution in [0.3, 0.4) is 0 Å². The topological polar surface area (TPSA) is 40.9 Å². The van der Waals surface area contributed by atoms with Crippen LogP contribution in [0.1, 0.15) is 19.8 Å². The first-order chi connectivity index (χ1) is 5.24. The van der Waals surface area contributed by atoms with E-state index in [1.807, 2.05) is 13.0 Å². The van der Waals surface area contributed by atoms with Crippen LogP contribution >= 0.6 is 11.8 Å². The molecule has 3 heteroatoms. The van der Waals surface area contributed by atoms with Crippen LogP contribution in [0.4, 0.5) is 0 Å². The second kappa shape index (κ2) is 5.99. The van der Waals surface area contributed by atoms with Crippen molar-refractivity contribution in [3.8, 4) is 6.07 Å². The van der Waals surface area contributed by atoms with Crippen molar-refractivity contribution in [2.75, 3.05) is 0 Å². The smallest absolute Gasteiger partial charge is 0.211 e. The lowest BCUT2D eigenvalue weighted by Gasteiger charge is -2.05. The molecule has 1 unspecified atom stereocenters. The highest BCUT2D eigenvalue weighted by atomic mass is 32.2. The Hall–Kier alpha value is -0.750. The highest BCUT2D eigenvalue weighted by molar-refractivity contribution is 8.14. The van der Waals surface area contributed by atoms with Gasteiger partial charge in [0.05, 0.1) is 6.07 Å². The monoisotopic (exact) mass is 169 g/mol. The van der Waals surface area contributed by atoms with Gasteiger partial charge in [-0.15, -0.1) is 0 Å². The fourth-order valence-corrected chi connectivity index (χ4v) is 1.33. The minimum absolute atomic E-state index is 0.0490. The molecule has 0 N–H and O–H groups in total. The van der Waals surface area contributed by atoms with Crippen molar-refractivity contribution >= 4 is 16.9 Å². The summed E-state index contributed by atoms with van der Waals surface area (Å²) in [6, 6.07) is 2.04. The van der Waals surface area contributed by atoms with Crippen molar-refractivity contribution in [3.63, 3.8) is 0 Å². The Kier molecular flexibility index (Phi) is 5.58. The van der Waals surface area contributed by atoms with Crippen LogP contribution in [0.25, 0.3) is 0 Å². The van der Waals surface area contributed by atoms with Gasteiger partial charge in [0.25, 0.3) is 0 Å². The largest absolute Gasteiger partial charge is 0.282 e. The summed E-state index contributed by atoms with van der Waals surface area (Å²) in [5.41, 5.74) is 0. The fourth-order valence-electron chi connectivity index (χ4n) is 0.584. The molecule has 2 nitrogen and oxygen atoms in total. The van der Waals surface area contributed by atoms with Crippen LogP contribution in [0.2, 0.25) is 0 Å². The molecule has 11 heavy (non-hydrogen) atoms. The standard InChI is InChI=1S/C8H11NOS/c1-3-7(5-6-9)11-8(10)4-2/h4,7H,2-3,5H2,1H3. The number of carbonyl (C=O) groups excluding carboxylic acids is 1. The zero-order valence-corrected chi connectivity index (χ0v) is 7.36. The molecule has 0 aliphatic rings. The Morgan fingerprint density at radius 1 is 1.91 bits per heavy atom. The molecule has 0 rings (SSSR count). The normalized spacial score (nSPS) is 11.6. The quantitative estimate of drug-likeness (QED) is 0.605. The van der Waals surface area contributed by atoms with Gasteiger partial charge in [-0.25, -0.2) is 0 Å². The molecule has 60 valence electrons. The Morgan fingerprint density at radius 3 is 2.91 bits per heavy atom. The summed E-state index contributed by atoms with van der Waals surface area (Å²) in [6.07, 6.45) is 2.56. The van der Waals surface area contributed by atoms with Gasteiger partial charge in [0.2, 0.25) is 5.12 Å². The summed E-state index contributed by atoms with van der Waals surface area (Å²) in [5, 5.41) is 8.43. The average molecular weight is 169 g/mol. The number of hydrogen-bond acceptors (Lipinski definition) is 3. The zero-order valence-electron chi connectivity index (χ0n) is 6.54. The Bertz CT molecular complexity index is 183. The second-order valence-electron chi connectivity index (χ2n) is 2.03. The summed E-state index contributed by atoms with van der Waals surface area (Å²) in [7, 11) is 0. The maximum atomic E-state index is 10.8. The molecule has 0 aromatic carbocycles. The highest BCUT2D eigenvalue weighted by Crippen LogP contribution is 2.18. The first-order valence-electron chi connectivity index (χ1n) is 3.44. The molecular weight excluding hydrogens is 158 g/mol. The van der Waals surface area contributed by atoms with Crippen LogP contribution in [0.15, 0.2) is 12.7 Å². The molecule has 0 spiro atoms. The van der Waals surface area contributed by atoms with Crippen LogP contribution in [0, 0.1) is 11.3 Å². The van der Waals surface area contributed by atoms with E-state index in [1.54, 1.807) is 0 Å². The van der Waals surface area contributed by atoms with Gasteiger partial charge >= 0.3 is 0 Å². The fraction of sp³-hybridized carbons (Fsp3) is 0.500. The van der Waals surface area contributed by atoms with E-state index in [0.29, 0.717) is 6.42 Å². The summed E-state index contributed by atoms with van der Waals surface area (Å²) in [4.78, 5) is 10.8. The lowest BCUT2D eigenvalue weighted by atomic mass is 10.3.